The fourth-order valence-corrected chi connectivity index (χ4v) is 4.67. The molecular weight excluding hydrogens is 624 g/mol. The summed E-state index contributed by atoms with van der Waals surface area (Å²) in [5, 5.41) is 5.70. The van der Waals surface area contributed by atoms with Crippen LogP contribution >= 0.6 is 0 Å². The van der Waals surface area contributed by atoms with Crippen molar-refractivity contribution < 1.29 is 26.2 Å². The molecule has 0 nitrogen and oxygen atoms in total. The molecule has 0 aromatic heterocycles. The third kappa shape index (κ3) is 15.4. The summed E-state index contributed by atoms with van der Waals surface area (Å²) in [5.41, 5.74) is 8.66. The van der Waals surface area contributed by atoms with Gasteiger partial charge in [0, 0.05) is 9.52 Å². The van der Waals surface area contributed by atoms with Crippen LogP contribution in [0.3, 0.4) is 0 Å². The molecule has 2 radical (unpaired) electrons. The van der Waals surface area contributed by atoms with E-state index in [1.54, 1.807) is 0 Å². The molecule has 4 aromatic rings. The van der Waals surface area contributed by atoms with Gasteiger partial charge in [0.2, 0.25) is 0 Å². The van der Waals surface area contributed by atoms with E-state index in [0.717, 1.165) is 22.4 Å². The number of unbranched alkanes of at least 4 members (excludes halogenated alkanes) is 2. The van der Waals surface area contributed by atoms with E-state index >= 15 is 0 Å². The van der Waals surface area contributed by atoms with Gasteiger partial charge < -0.3 is 13.8 Å². The Morgan fingerprint density at radius 2 is 0.841 bits per heavy atom. The van der Waals surface area contributed by atoms with E-state index in [9.17, 15) is 0 Å². The third-order valence-electron chi connectivity index (χ3n) is 7.33. The molecule has 0 amide bonds. The van der Waals surface area contributed by atoms with Crippen LogP contribution in [-0.4, -0.2) is 9.52 Å². The zero-order valence-corrected chi connectivity index (χ0v) is 34.6. The average Bonchev–Trinajstić information content (AvgIpc) is 3.52. The second-order valence-electron chi connectivity index (χ2n) is 13.1. The Labute approximate surface area is 296 Å². The Kier molecular flexibility index (Phi) is 24.5. The number of fused-ring (bicyclic) bond motifs is 2. The van der Waals surface area contributed by atoms with Crippen molar-refractivity contribution in [3.8, 4) is 0 Å². The predicted molar refractivity (Wildman–Crippen MR) is 203 cm³/mol. The van der Waals surface area contributed by atoms with E-state index < -0.39 is 0 Å². The van der Waals surface area contributed by atoms with Crippen molar-refractivity contribution in [3.63, 3.8) is 0 Å². The smallest absolute Gasteiger partial charge is 0.343 e. The molecule has 0 unspecified atom stereocenters. The quantitative estimate of drug-likeness (QED) is 0.140. The van der Waals surface area contributed by atoms with Crippen LogP contribution in [0.1, 0.15) is 152 Å². The zero-order valence-electron chi connectivity index (χ0n) is 31.2. The van der Waals surface area contributed by atoms with E-state index in [1.807, 2.05) is 0 Å². The fraction of sp³-hybridized carbons (Fsp3) is 0.524. The van der Waals surface area contributed by atoms with Gasteiger partial charge in [-0.3, -0.25) is 0 Å². The minimum absolute atomic E-state index is 0. The summed E-state index contributed by atoms with van der Waals surface area (Å²) in [6, 6.07) is 18.7. The molecule has 0 heterocycles. The first-order valence-electron chi connectivity index (χ1n) is 16.8. The summed E-state index contributed by atoms with van der Waals surface area (Å²) < 4.78 is 0. The van der Waals surface area contributed by atoms with Gasteiger partial charge in [0.1, 0.15) is 0 Å². The zero-order chi connectivity index (χ0) is 33.3. The summed E-state index contributed by atoms with van der Waals surface area (Å²) in [4.78, 5) is 0. The van der Waals surface area contributed by atoms with Crippen molar-refractivity contribution in [2.24, 2.45) is 0 Å². The number of rotatable bonds is 6. The third-order valence-corrected chi connectivity index (χ3v) is 7.33. The molecule has 0 bridgehead atoms. The predicted octanol–water partition coefficient (Wildman–Crippen LogP) is 14.3. The van der Waals surface area contributed by atoms with Crippen molar-refractivity contribution in [3.05, 3.63) is 95.8 Å². The van der Waals surface area contributed by atoms with Crippen LogP contribution in [0.25, 0.3) is 21.5 Å². The van der Waals surface area contributed by atoms with Gasteiger partial charge in [-0.15, -0.1) is 56.9 Å². The number of hydrogen-bond donors (Lipinski definition) is 0. The Balaban J connectivity index is 0. The molecule has 242 valence electrons. The molecule has 2 heteroatoms. The molecule has 0 N–H and O–H groups in total. The first-order valence-corrected chi connectivity index (χ1v) is 18.8. The Morgan fingerprint density at radius 1 is 0.568 bits per heavy atom. The number of aryl methyl sites for hydroxylation is 2. The van der Waals surface area contributed by atoms with Crippen LogP contribution in [0, 0.1) is 27.7 Å². The summed E-state index contributed by atoms with van der Waals surface area (Å²) in [5.74, 6) is 2.42. The summed E-state index contributed by atoms with van der Waals surface area (Å²) in [6.07, 6.45) is 4.56. The molecule has 0 aliphatic heterocycles. The first kappa shape index (κ1) is 44.9. The van der Waals surface area contributed by atoms with Gasteiger partial charge in [0.05, 0.1) is 0 Å². The maximum Gasteiger partial charge on any atom is 4.00 e. The van der Waals surface area contributed by atoms with E-state index in [4.69, 9.17) is 0 Å². The molecule has 0 aliphatic rings. The summed E-state index contributed by atoms with van der Waals surface area (Å²) >= 11 is 0. The van der Waals surface area contributed by atoms with Gasteiger partial charge in [0.25, 0.3) is 0 Å². The number of benzene rings is 2. The number of hydrogen-bond acceptors (Lipinski definition) is 0. The first-order chi connectivity index (χ1) is 20.2. The van der Waals surface area contributed by atoms with Gasteiger partial charge >= 0.3 is 26.2 Å². The molecule has 0 saturated carbocycles. The Bertz CT molecular complexity index is 1180. The second kappa shape index (κ2) is 24.0. The van der Waals surface area contributed by atoms with Crippen molar-refractivity contribution in [2.75, 3.05) is 0 Å². The van der Waals surface area contributed by atoms with E-state index in [-0.39, 0.29) is 26.2 Å². The van der Waals surface area contributed by atoms with Gasteiger partial charge in [-0.2, -0.15) is 25.0 Å². The second-order valence-corrected chi connectivity index (χ2v) is 14.1. The Hall–Kier alpha value is -1.24. The van der Waals surface area contributed by atoms with Crippen LogP contribution in [0.5, 0.6) is 0 Å². The molecule has 44 heavy (non-hydrogen) atoms. The van der Waals surface area contributed by atoms with Crippen molar-refractivity contribution in [1.82, 2.24) is 0 Å². The standard InChI is InChI=1S/2C16H21.2C4H9.C2H6Si.Zr/c2*1-10(2)13-8-14-6-12(5)7-16(14)15(9-13)11(3)4;2*1-3-4-2;1-3-2;/h2*6-11H,1-5H3;2*1,3-4H2,2H3;1-2H3;/q4*-1;;+4. The van der Waals surface area contributed by atoms with E-state index in [1.165, 1.54) is 67.8 Å². The maximum absolute atomic E-state index is 3.60. The molecule has 4 aromatic carbocycles. The molecule has 0 aliphatic carbocycles. The van der Waals surface area contributed by atoms with Crippen LogP contribution in [0.4, 0.5) is 0 Å². The fourth-order valence-electron chi connectivity index (χ4n) is 4.67. The van der Waals surface area contributed by atoms with Crippen LogP contribution < -0.4 is 0 Å². The molecule has 0 spiro atoms. The summed E-state index contributed by atoms with van der Waals surface area (Å²) in [7, 11) is 1.08. The molecule has 0 fully saturated rings. The largest absolute Gasteiger partial charge is 4.00 e. The normalized spacial score (nSPS) is 10.5. The van der Waals surface area contributed by atoms with Crippen molar-refractivity contribution >= 4 is 31.1 Å². The van der Waals surface area contributed by atoms with Crippen LogP contribution in [0.2, 0.25) is 13.1 Å². The SMILES string of the molecule is C[Si]C.Cc1cc2c(C(C)C)cc(C(C)C)cc2[cH-]1.Cc1cc2c(C(C)C)cc(C(C)C)cc2[cH-]1.[CH2-]CCC.[CH2-]CCC.[Zr+4]. The van der Waals surface area contributed by atoms with E-state index in [2.05, 4.69) is 159 Å². The minimum atomic E-state index is 0. The molecule has 0 atom stereocenters. The van der Waals surface area contributed by atoms with Crippen LogP contribution in [0.15, 0.2) is 48.5 Å². The van der Waals surface area contributed by atoms with Gasteiger partial charge in [0.15, 0.2) is 0 Å². The molecule has 4 rings (SSSR count). The topological polar surface area (TPSA) is 0 Å². The van der Waals surface area contributed by atoms with Gasteiger partial charge in [-0.1, -0.05) is 143 Å². The van der Waals surface area contributed by atoms with Crippen LogP contribution in [-0.2, 0) is 26.2 Å². The Morgan fingerprint density at radius 3 is 1.05 bits per heavy atom. The maximum atomic E-state index is 3.60. The van der Waals surface area contributed by atoms with E-state index in [0.29, 0.717) is 23.7 Å². The van der Waals surface area contributed by atoms with Crippen molar-refractivity contribution in [1.29, 1.82) is 0 Å². The monoisotopic (exact) mass is 688 g/mol. The summed E-state index contributed by atoms with van der Waals surface area (Å²) in [6.45, 7) is 38.3. The van der Waals surface area contributed by atoms with Gasteiger partial charge in [-0.25, -0.2) is 0 Å². The van der Waals surface area contributed by atoms with Crippen molar-refractivity contribution in [2.45, 2.75) is 146 Å². The molecular formula is C42H66SiZr. The van der Waals surface area contributed by atoms with Gasteiger partial charge in [-0.05, 0) is 23.7 Å². The minimum Gasteiger partial charge on any atom is -0.343 e. The average molecular weight is 690 g/mol. The molecule has 0 saturated heterocycles.